The van der Waals surface area contributed by atoms with E-state index < -0.39 is 18.2 Å². The Balaban J connectivity index is 4.59. The maximum absolute atomic E-state index is 13.1. The van der Waals surface area contributed by atoms with Crippen molar-refractivity contribution in [3.8, 4) is 0 Å². The second-order valence-electron chi connectivity index (χ2n) is 15.5. The monoisotopic (exact) mass is 722 g/mol. The molecule has 0 aliphatic rings. The minimum Gasteiger partial charge on any atom is -0.462 e. The van der Waals surface area contributed by atoms with Gasteiger partial charge in [-0.3, -0.25) is 9.59 Å². The van der Waals surface area contributed by atoms with E-state index in [4.69, 9.17) is 4.74 Å². The predicted octanol–water partition coefficient (Wildman–Crippen LogP) is 12.6. The van der Waals surface area contributed by atoms with Crippen LogP contribution in [-0.4, -0.2) is 46.9 Å². The first-order chi connectivity index (χ1) is 25.0. The third-order valence-electron chi connectivity index (χ3n) is 10.3. The van der Waals surface area contributed by atoms with Crippen molar-refractivity contribution in [3.05, 3.63) is 12.2 Å². The van der Waals surface area contributed by atoms with Crippen molar-refractivity contribution in [1.29, 1.82) is 0 Å². The topological polar surface area (TPSA) is 95.9 Å². The Morgan fingerprint density at radius 3 is 1.45 bits per heavy atom. The molecule has 0 spiro atoms. The molecule has 0 aliphatic heterocycles. The lowest BCUT2D eigenvalue weighted by Gasteiger charge is -2.24. The van der Waals surface area contributed by atoms with Gasteiger partial charge in [0.2, 0.25) is 5.91 Å². The molecule has 1 amide bonds. The summed E-state index contributed by atoms with van der Waals surface area (Å²) in [6, 6.07) is -0.693. The number of unbranched alkanes of at least 4 members (excludes halogenated alkanes) is 26. The molecule has 6 nitrogen and oxygen atoms in total. The average Bonchev–Trinajstić information content (AvgIpc) is 3.12. The van der Waals surface area contributed by atoms with Crippen molar-refractivity contribution in [3.63, 3.8) is 0 Å². The van der Waals surface area contributed by atoms with Crippen LogP contribution in [0.25, 0.3) is 0 Å². The molecular weight excluding hydrogens is 634 g/mol. The lowest BCUT2D eigenvalue weighted by Crippen LogP contribution is -2.46. The summed E-state index contributed by atoms with van der Waals surface area (Å²) in [4.78, 5) is 25.9. The van der Waals surface area contributed by atoms with Crippen molar-refractivity contribution in [2.75, 3.05) is 6.61 Å². The summed E-state index contributed by atoms with van der Waals surface area (Å²) in [5.74, 6) is -0.477. The summed E-state index contributed by atoms with van der Waals surface area (Å²) >= 11 is 0. The van der Waals surface area contributed by atoms with Crippen LogP contribution in [-0.2, 0) is 14.3 Å². The van der Waals surface area contributed by atoms with Gasteiger partial charge in [0.05, 0.1) is 25.2 Å². The van der Waals surface area contributed by atoms with Crippen molar-refractivity contribution in [2.24, 2.45) is 0 Å². The number of allylic oxidation sites excluding steroid dienone is 2. The number of amides is 1. The number of hydrogen-bond acceptors (Lipinski definition) is 5. The van der Waals surface area contributed by atoms with E-state index in [2.05, 4.69) is 38.2 Å². The van der Waals surface area contributed by atoms with E-state index >= 15 is 0 Å². The number of ether oxygens (including phenoxy) is 1. The zero-order valence-electron chi connectivity index (χ0n) is 34.3. The zero-order chi connectivity index (χ0) is 37.5. The van der Waals surface area contributed by atoms with E-state index in [0.717, 1.165) is 57.8 Å². The van der Waals surface area contributed by atoms with Crippen LogP contribution in [0.5, 0.6) is 0 Å². The van der Waals surface area contributed by atoms with Crippen LogP contribution >= 0.6 is 0 Å². The third kappa shape index (κ3) is 35.4. The second-order valence-corrected chi connectivity index (χ2v) is 15.5. The molecule has 0 radical (unpaired) electrons. The van der Waals surface area contributed by atoms with E-state index in [1.807, 2.05) is 0 Å². The van der Waals surface area contributed by atoms with Crippen LogP contribution in [0.15, 0.2) is 12.2 Å². The van der Waals surface area contributed by atoms with Gasteiger partial charge < -0.3 is 20.3 Å². The molecule has 0 aromatic heterocycles. The molecule has 51 heavy (non-hydrogen) atoms. The Kier molecular flexibility index (Phi) is 38.7. The Bertz CT molecular complexity index is 772. The molecule has 0 aromatic carbocycles. The number of esters is 1. The van der Waals surface area contributed by atoms with Crippen molar-refractivity contribution >= 4 is 11.9 Å². The number of nitrogens with one attached hydrogen (secondary N) is 1. The van der Waals surface area contributed by atoms with E-state index in [0.29, 0.717) is 19.3 Å². The van der Waals surface area contributed by atoms with Crippen molar-refractivity contribution in [1.82, 2.24) is 5.32 Å². The minimum absolute atomic E-state index is 0.0802. The van der Waals surface area contributed by atoms with Gasteiger partial charge >= 0.3 is 5.97 Å². The summed E-state index contributed by atoms with van der Waals surface area (Å²) in [5.41, 5.74) is 0. The summed E-state index contributed by atoms with van der Waals surface area (Å²) in [7, 11) is 0. The number of aliphatic hydroxyl groups excluding tert-OH is 2. The molecule has 0 aromatic rings. The molecule has 0 fully saturated rings. The summed E-state index contributed by atoms with van der Waals surface area (Å²) in [6.07, 6.45) is 41.3. The highest BCUT2D eigenvalue weighted by atomic mass is 16.5. The van der Waals surface area contributed by atoms with Gasteiger partial charge in [-0.25, -0.2) is 0 Å². The number of rotatable bonds is 40. The fourth-order valence-electron chi connectivity index (χ4n) is 6.88. The molecule has 6 heteroatoms. The second kappa shape index (κ2) is 39.8. The molecule has 3 unspecified atom stereocenters. The first-order valence-electron chi connectivity index (χ1n) is 22.4. The van der Waals surface area contributed by atoms with Gasteiger partial charge in [-0.15, -0.1) is 0 Å². The van der Waals surface area contributed by atoms with Gasteiger partial charge in [-0.05, 0) is 44.9 Å². The molecule has 302 valence electrons. The first-order valence-corrected chi connectivity index (χ1v) is 22.4. The van der Waals surface area contributed by atoms with Gasteiger partial charge in [0, 0.05) is 6.42 Å². The van der Waals surface area contributed by atoms with Gasteiger partial charge in [0.15, 0.2) is 0 Å². The largest absolute Gasteiger partial charge is 0.462 e. The van der Waals surface area contributed by atoms with Gasteiger partial charge in [-0.2, -0.15) is 0 Å². The SMILES string of the molecule is CCCC/C=C\CCCCCCCC(=O)OC(CCCCCCCCCCCCCC)CC(=O)NC(CO)C(O)CCCCCCCCCCC. The summed E-state index contributed by atoms with van der Waals surface area (Å²) < 4.78 is 5.89. The third-order valence-corrected chi connectivity index (χ3v) is 10.3. The zero-order valence-corrected chi connectivity index (χ0v) is 34.3. The molecule has 3 N–H and O–H groups in total. The first kappa shape index (κ1) is 49.6. The smallest absolute Gasteiger partial charge is 0.306 e. The quantitative estimate of drug-likeness (QED) is 0.0332. The van der Waals surface area contributed by atoms with E-state index in [1.165, 1.54) is 135 Å². The Hall–Kier alpha value is -1.40. The van der Waals surface area contributed by atoms with Crippen LogP contribution < -0.4 is 5.32 Å². The lowest BCUT2D eigenvalue weighted by atomic mass is 10.0. The molecule has 0 saturated heterocycles. The maximum atomic E-state index is 13.1. The average molecular weight is 722 g/mol. The summed E-state index contributed by atoms with van der Waals surface area (Å²) in [5, 5.41) is 23.5. The van der Waals surface area contributed by atoms with Crippen molar-refractivity contribution < 1.29 is 24.5 Å². The van der Waals surface area contributed by atoms with Crippen LogP contribution in [0.3, 0.4) is 0 Å². The maximum Gasteiger partial charge on any atom is 0.306 e. The van der Waals surface area contributed by atoms with Crippen LogP contribution in [0, 0.1) is 0 Å². The van der Waals surface area contributed by atoms with E-state index in [1.54, 1.807) is 0 Å². The Labute approximate surface area is 317 Å². The Morgan fingerprint density at radius 2 is 0.961 bits per heavy atom. The highest BCUT2D eigenvalue weighted by Crippen LogP contribution is 2.18. The van der Waals surface area contributed by atoms with Crippen LogP contribution in [0.4, 0.5) is 0 Å². The highest BCUT2D eigenvalue weighted by Gasteiger charge is 2.24. The molecule has 0 aliphatic carbocycles. The van der Waals surface area contributed by atoms with E-state index in [-0.39, 0.29) is 24.9 Å². The lowest BCUT2D eigenvalue weighted by molar-refractivity contribution is -0.151. The molecule has 0 saturated carbocycles. The highest BCUT2D eigenvalue weighted by molar-refractivity contribution is 5.77. The van der Waals surface area contributed by atoms with Crippen LogP contribution in [0.1, 0.15) is 239 Å². The fourth-order valence-corrected chi connectivity index (χ4v) is 6.88. The standard InChI is InChI=1S/C45H87NO5/c1-4-7-10-13-16-19-21-23-25-27-30-33-36-41(51-45(50)38-35-32-29-26-22-20-17-14-11-8-5-2)39-44(49)46-42(40-47)43(48)37-34-31-28-24-18-15-12-9-6-3/h14,17,41-43,47-48H,4-13,15-16,18-40H2,1-3H3,(H,46,49)/b17-14-. The van der Waals surface area contributed by atoms with Gasteiger partial charge in [0.25, 0.3) is 0 Å². The van der Waals surface area contributed by atoms with Gasteiger partial charge in [0.1, 0.15) is 6.10 Å². The number of carbonyl (C=O) groups is 2. The van der Waals surface area contributed by atoms with Crippen molar-refractivity contribution in [2.45, 2.75) is 257 Å². The normalized spacial score (nSPS) is 13.4. The van der Waals surface area contributed by atoms with Gasteiger partial charge in [-0.1, -0.05) is 193 Å². The number of hydrogen-bond donors (Lipinski definition) is 3. The molecular formula is C45H87NO5. The minimum atomic E-state index is -0.780. The molecule has 0 bridgehead atoms. The number of aliphatic hydroxyl groups is 2. The fraction of sp³-hybridized carbons (Fsp3) is 0.911. The number of carbonyl (C=O) groups excluding carboxylic acids is 2. The predicted molar refractivity (Wildman–Crippen MR) is 218 cm³/mol. The molecule has 0 heterocycles. The summed E-state index contributed by atoms with van der Waals surface area (Å²) in [6.45, 7) is 6.42. The molecule has 3 atom stereocenters. The van der Waals surface area contributed by atoms with E-state index in [9.17, 15) is 19.8 Å². The Morgan fingerprint density at radius 1 is 0.549 bits per heavy atom. The van der Waals surface area contributed by atoms with Crippen LogP contribution in [0.2, 0.25) is 0 Å². The molecule has 0 rings (SSSR count).